The molecular formula is C22H22O8. The van der Waals surface area contributed by atoms with Crippen molar-refractivity contribution in [1.82, 2.24) is 0 Å². The molecule has 0 aromatic heterocycles. The predicted octanol–water partition coefficient (Wildman–Crippen LogP) is 3.17. The minimum Gasteiger partial charge on any atom is -0.496 e. The van der Waals surface area contributed by atoms with Crippen molar-refractivity contribution in [3.05, 3.63) is 46.5 Å². The van der Waals surface area contributed by atoms with E-state index in [1.54, 1.807) is 30.3 Å². The first-order valence-corrected chi connectivity index (χ1v) is 8.96. The van der Waals surface area contributed by atoms with Crippen LogP contribution >= 0.6 is 0 Å². The summed E-state index contributed by atoms with van der Waals surface area (Å²) in [5, 5.41) is 0. The van der Waals surface area contributed by atoms with Gasteiger partial charge in [-0.3, -0.25) is 4.79 Å². The molecule has 0 radical (unpaired) electrons. The fourth-order valence-corrected chi connectivity index (χ4v) is 3.24. The van der Waals surface area contributed by atoms with Crippen LogP contribution in [-0.4, -0.2) is 53.9 Å². The van der Waals surface area contributed by atoms with Crippen molar-refractivity contribution in [2.75, 3.05) is 42.2 Å². The summed E-state index contributed by atoms with van der Waals surface area (Å²) < 4.78 is 31.9. The van der Waals surface area contributed by atoms with Crippen LogP contribution in [0.3, 0.4) is 0 Å². The van der Waals surface area contributed by atoms with Crippen molar-refractivity contribution in [3.63, 3.8) is 0 Å². The standard InChI is InChI=1S/C22H22O8/c1-25-15-7-6-12(9-14(15)22(24)29-5)8-13-11-30-16-10-17(26-2)20(27-3)21(28-4)18(16)19(13)23/h6-10H,11H2,1-5H3/b13-8+. The fraction of sp³-hybridized carbons (Fsp3) is 0.273. The monoisotopic (exact) mass is 414 g/mol. The van der Waals surface area contributed by atoms with Crippen LogP contribution in [0.5, 0.6) is 28.7 Å². The number of rotatable bonds is 6. The lowest BCUT2D eigenvalue weighted by Gasteiger charge is -2.23. The van der Waals surface area contributed by atoms with Crippen LogP contribution in [0.4, 0.5) is 0 Å². The second-order valence-electron chi connectivity index (χ2n) is 6.26. The van der Waals surface area contributed by atoms with Crippen LogP contribution in [0.15, 0.2) is 29.8 Å². The molecule has 0 fully saturated rings. The first kappa shape index (κ1) is 21.0. The number of benzene rings is 2. The second kappa shape index (κ2) is 8.77. The van der Waals surface area contributed by atoms with Crippen LogP contribution in [0.1, 0.15) is 26.3 Å². The highest BCUT2D eigenvalue weighted by Crippen LogP contribution is 2.47. The Morgan fingerprint density at radius 1 is 0.933 bits per heavy atom. The highest BCUT2D eigenvalue weighted by Gasteiger charge is 2.32. The molecule has 1 heterocycles. The van der Waals surface area contributed by atoms with E-state index in [-0.39, 0.29) is 29.3 Å². The third kappa shape index (κ3) is 3.63. The van der Waals surface area contributed by atoms with Crippen molar-refractivity contribution < 1.29 is 38.0 Å². The maximum Gasteiger partial charge on any atom is 0.341 e. The molecule has 158 valence electrons. The van der Waals surface area contributed by atoms with Crippen LogP contribution in [0.25, 0.3) is 6.08 Å². The average molecular weight is 414 g/mol. The number of fused-ring (bicyclic) bond motifs is 1. The molecule has 8 nitrogen and oxygen atoms in total. The van der Waals surface area contributed by atoms with Crippen LogP contribution in [0.2, 0.25) is 0 Å². The molecule has 0 amide bonds. The molecule has 0 saturated heterocycles. The molecular weight excluding hydrogens is 392 g/mol. The van der Waals surface area contributed by atoms with E-state index < -0.39 is 5.97 Å². The topological polar surface area (TPSA) is 89.5 Å². The first-order valence-electron chi connectivity index (χ1n) is 8.96. The Bertz CT molecular complexity index is 1020. The van der Waals surface area contributed by atoms with E-state index in [9.17, 15) is 9.59 Å². The highest BCUT2D eigenvalue weighted by atomic mass is 16.5. The van der Waals surface area contributed by atoms with Gasteiger partial charge >= 0.3 is 5.97 Å². The number of ketones is 1. The molecule has 0 unspecified atom stereocenters. The van der Waals surface area contributed by atoms with E-state index in [2.05, 4.69) is 0 Å². The summed E-state index contributed by atoms with van der Waals surface area (Å²) in [5.74, 6) is 0.829. The number of Topliss-reactive ketones (excluding diaryl/α,β-unsaturated/α-hetero) is 1. The maximum absolute atomic E-state index is 13.2. The summed E-state index contributed by atoms with van der Waals surface area (Å²) >= 11 is 0. The number of esters is 1. The largest absolute Gasteiger partial charge is 0.496 e. The molecule has 0 spiro atoms. The molecule has 8 heteroatoms. The van der Waals surface area contributed by atoms with Crippen LogP contribution in [0, 0.1) is 0 Å². The van der Waals surface area contributed by atoms with Gasteiger partial charge in [0.2, 0.25) is 5.75 Å². The van der Waals surface area contributed by atoms with E-state index in [0.717, 1.165) is 0 Å². The van der Waals surface area contributed by atoms with Crippen LogP contribution < -0.4 is 23.7 Å². The molecule has 2 aromatic carbocycles. The molecule has 0 N–H and O–H groups in total. The summed E-state index contributed by atoms with van der Waals surface area (Å²) in [6.45, 7) is 0.0457. The number of hydrogen-bond donors (Lipinski definition) is 0. The Morgan fingerprint density at radius 2 is 1.63 bits per heavy atom. The van der Waals surface area contributed by atoms with E-state index in [4.69, 9.17) is 28.4 Å². The number of ether oxygens (including phenoxy) is 6. The normalized spacial score (nSPS) is 13.9. The van der Waals surface area contributed by atoms with Gasteiger partial charge in [-0.25, -0.2) is 4.79 Å². The third-order valence-corrected chi connectivity index (χ3v) is 4.67. The van der Waals surface area contributed by atoms with Gasteiger partial charge in [0.25, 0.3) is 0 Å². The van der Waals surface area contributed by atoms with Crippen molar-refractivity contribution >= 4 is 17.8 Å². The Hall–Kier alpha value is -3.68. The molecule has 1 aliphatic heterocycles. The molecule has 30 heavy (non-hydrogen) atoms. The lowest BCUT2D eigenvalue weighted by molar-refractivity contribution is 0.0597. The quantitative estimate of drug-likeness (QED) is 0.526. The zero-order valence-corrected chi connectivity index (χ0v) is 17.4. The van der Waals surface area contributed by atoms with E-state index in [1.165, 1.54) is 35.5 Å². The summed E-state index contributed by atoms with van der Waals surface area (Å²) in [6, 6.07) is 6.54. The Kier molecular flexibility index (Phi) is 6.15. The van der Waals surface area contributed by atoms with Gasteiger partial charge in [0.1, 0.15) is 29.2 Å². The summed E-state index contributed by atoms with van der Waals surface area (Å²) in [5.41, 5.74) is 1.50. The molecule has 0 saturated carbocycles. The van der Waals surface area contributed by atoms with Crippen molar-refractivity contribution in [3.8, 4) is 28.7 Å². The molecule has 0 bridgehead atoms. The first-order chi connectivity index (χ1) is 14.5. The summed E-state index contributed by atoms with van der Waals surface area (Å²) in [4.78, 5) is 25.2. The lowest BCUT2D eigenvalue weighted by atomic mass is 9.96. The van der Waals surface area contributed by atoms with Crippen molar-refractivity contribution in [1.29, 1.82) is 0 Å². The Labute approximate surface area is 173 Å². The number of hydrogen-bond acceptors (Lipinski definition) is 8. The zero-order valence-electron chi connectivity index (χ0n) is 17.4. The maximum atomic E-state index is 13.2. The molecule has 2 aromatic rings. The zero-order chi connectivity index (χ0) is 21.8. The molecule has 0 atom stereocenters. The van der Waals surface area contributed by atoms with Crippen molar-refractivity contribution in [2.45, 2.75) is 0 Å². The Morgan fingerprint density at radius 3 is 2.23 bits per heavy atom. The van der Waals surface area contributed by atoms with Gasteiger partial charge in [0.15, 0.2) is 17.3 Å². The van der Waals surface area contributed by atoms with Crippen molar-refractivity contribution in [2.24, 2.45) is 0 Å². The Balaban J connectivity index is 2.07. The minimum absolute atomic E-state index is 0.0457. The third-order valence-electron chi connectivity index (χ3n) is 4.67. The fourth-order valence-electron chi connectivity index (χ4n) is 3.24. The number of methoxy groups -OCH3 is 5. The number of carbonyl (C=O) groups is 2. The van der Waals surface area contributed by atoms with Gasteiger partial charge in [-0.15, -0.1) is 0 Å². The average Bonchev–Trinajstić information content (AvgIpc) is 2.78. The molecule has 3 rings (SSSR count). The molecule has 1 aliphatic rings. The van der Waals surface area contributed by atoms with Crippen LogP contribution in [-0.2, 0) is 4.74 Å². The predicted molar refractivity (Wildman–Crippen MR) is 108 cm³/mol. The summed E-state index contributed by atoms with van der Waals surface area (Å²) in [7, 11) is 7.14. The summed E-state index contributed by atoms with van der Waals surface area (Å²) in [6.07, 6.45) is 1.65. The van der Waals surface area contributed by atoms with Gasteiger partial charge in [0.05, 0.1) is 35.5 Å². The van der Waals surface area contributed by atoms with E-state index in [0.29, 0.717) is 34.1 Å². The lowest BCUT2D eigenvalue weighted by Crippen LogP contribution is -2.20. The minimum atomic E-state index is -0.540. The van der Waals surface area contributed by atoms with Gasteiger partial charge in [0, 0.05) is 11.6 Å². The van der Waals surface area contributed by atoms with Gasteiger partial charge in [-0.2, -0.15) is 0 Å². The van der Waals surface area contributed by atoms with Gasteiger partial charge in [-0.1, -0.05) is 6.07 Å². The van der Waals surface area contributed by atoms with Gasteiger partial charge in [-0.05, 0) is 23.8 Å². The SMILES string of the molecule is COC(=O)c1cc(/C=C2\COc3cc(OC)c(OC)c(OC)c3C2=O)ccc1OC. The molecule has 0 aliphatic carbocycles. The smallest absolute Gasteiger partial charge is 0.341 e. The highest BCUT2D eigenvalue weighted by molar-refractivity contribution is 6.16. The van der Waals surface area contributed by atoms with E-state index in [1.807, 2.05) is 0 Å². The van der Waals surface area contributed by atoms with E-state index >= 15 is 0 Å². The number of carbonyl (C=O) groups excluding carboxylic acids is 2. The second-order valence-corrected chi connectivity index (χ2v) is 6.26. The van der Waals surface area contributed by atoms with Gasteiger partial charge < -0.3 is 28.4 Å².